The number of likely N-dealkylation sites (N-methyl/N-ethyl adjacent to an activating group) is 1. The minimum absolute atomic E-state index is 0.137. The molecule has 0 spiro atoms. The van der Waals surface area contributed by atoms with E-state index in [1.165, 1.54) is 18.4 Å². The zero-order valence-corrected chi connectivity index (χ0v) is 18.1. The summed E-state index contributed by atoms with van der Waals surface area (Å²) >= 11 is 0. The fourth-order valence-electron chi connectivity index (χ4n) is 4.72. The Kier molecular flexibility index (Phi) is 6.53. The molecule has 1 aliphatic carbocycles. The number of carbonyl (C=O) groups excluding carboxylic acids is 1. The van der Waals surface area contributed by atoms with Crippen molar-refractivity contribution in [3.8, 4) is 5.75 Å². The second-order valence-corrected chi connectivity index (χ2v) is 8.07. The first-order valence-electron chi connectivity index (χ1n) is 11.3. The van der Waals surface area contributed by atoms with Crippen LogP contribution in [0.25, 0.3) is 5.57 Å². The van der Waals surface area contributed by atoms with Gasteiger partial charge in [-0.3, -0.25) is 4.79 Å². The number of benzene rings is 2. The number of ether oxygens (including phenoxy) is 1. The van der Waals surface area contributed by atoms with Gasteiger partial charge in [-0.2, -0.15) is 0 Å². The lowest BCUT2D eigenvalue weighted by Crippen LogP contribution is -2.36. The SMILES string of the molecule is CCN(CC)CCOc1ccc(N2C(=O)C(c3ccccc3)=C3CCCCC32)cc1. The van der Waals surface area contributed by atoms with Crippen molar-refractivity contribution in [2.24, 2.45) is 0 Å². The summed E-state index contributed by atoms with van der Waals surface area (Å²) < 4.78 is 5.93. The van der Waals surface area contributed by atoms with Crippen molar-refractivity contribution in [1.82, 2.24) is 4.90 Å². The summed E-state index contributed by atoms with van der Waals surface area (Å²) in [7, 11) is 0. The molecule has 0 bridgehead atoms. The molecule has 1 fully saturated rings. The van der Waals surface area contributed by atoms with Crippen LogP contribution in [0.5, 0.6) is 5.75 Å². The highest BCUT2D eigenvalue weighted by Crippen LogP contribution is 2.43. The number of hydrogen-bond acceptors (Lipinski definition) is 3. The van der Waals surface area contributed by atoms with Gasteiger partial charge in [-0.05, 0) is 67.8 Å². The van der Waals surface area contributed by atoms with Crippen molar-refractivity contribution in [2.75, 3.05) is 31.1 Å². The predicted molar refractivity (Wildman–Crippen MR) is 123 cm³/mol. The van der Waals surface area contributed by atoms with Crippen molar-refractivity contribution in [3.05, 3.63) is 65.7 Å². The molecule has 0 aromatic heterocycles. The van der Waals surface area contributed by atoms with E-state index in [1.807, 2.05) is 47.4 Å². The summed E-state index contributed by atoms with van der Waals surface area (Å²) in [5, 5.41) is 0. The molecule has 0 saturated heterocycles. The van der Waals surface area contributed by atoms with Gasteiger partial charge in [0.25, 0.3) is 5.91 Å². The Bertz CT molecular complexity index is 885. The lowest BCUT2D eigenvalue weighted by atomic mass is 9.87. The Balaban J connectivity index is 1.51. The molecule has 1 aliphatic heterocycles. The lowest BCUT2D eigenvalue weighted by Gasteiger charge is -2.30. The minimum atomic E-state index is 0.137. The first-order valence-corrected chi connectivity index (χ1v) is 11.3. The third-order valence-electron chi connectivity index (χ3n) is 6.39. The first kappa shape index (κ1) is 20.7. The first-order chi connectivity index (χ1) is 14.7. The molecular weight excluding hydrogens is 372 g/mol. The van der Waals surface area contributed by atoms with E-state index in [-0.39, 0.29) is 11.9 Å². The summed E-state index contributed by atoms with van der Waals surface area (Å²) in [6.07, 6.45) is 4.40. The molecule has 158 valence electrons. The molecule has 4 nitrogen and oxygen atoms in total. The quantitative estimate of drug-likeness (QED) is 0.610. The monoisotopic (exact) mass is 404 g/mol. The van der Waals surface area contributed by atoms with Crippen molar-refractivity contribution < 1.29 is 9.53 Å². The molecule has 1 atom stereocenters. The van der Waals surface area contributed by atoms with Crippen molar-refractivity contribution in [1.29, 1.82) is 0 Å². The zero-order valence-electron chi connectivity index (χ0n) is 18.1. The predicted octanol–water partition coefficient (Wildman–Crippen LogP) is 5.15. The van der Waals surface area contributed by atoms with Gasteiger partial charge in [0.1, 0.15) is 12.4 Å². The molecular formula is C26H32N2O2. The molecule has 0 N–H and O–H groups in total. The van der Waals surface area contributed by atoms with Gasteiger partial charge in [0.15, 0.2) is 0 Å². The highest BCUT2D eigenvalue weighted by molar-refractivity contribution is 6.30. The van der Waals surface area contributed by atoms with Crippen molar-refractivity contribution in [3.63, 3.8) is 0 Å². The Labute approximate surface area is 180 Å². The van der Waals surface area contributed by atoms with E-state index in [0.29, 0.717) is 6.61 Å². The van der Waals surface area contributed by atoms with Crippen LogP contribution < -0.4 is 9.64 Å². The number of anilines is 1. The summed E-state index contributed by atoms with van der Waals surface area (Å²) in [5.41, 5.74) is 4.24. The maximum atomic E-state index is 13.5. The molecule has 30 heavy (non-hydrogen) atoms. The average molecular weight is 405 g/mol. The smallest absolute Gasteiger partial charge is 0.259 e. The Morgan fingerprint density at radius 1 is 1.00 bits per heavy atom. The van der Waals surface area contributed by atoms with Crippen molar-refractivity contribution >= 4 is 17.2 Å². The van der Waals surface area contributed by atoms with Crippen LogP contribution in [0, 0.1) is 0 Å². The maximum absolute atomic E-state index is 13.5. The topological polar surface area (TPSA) is 32.8 Å². The second kappa shape index (κ2) is 9.48. The van der Waals surface area contributed by atoms with E-state index in [0.717, 1.165) is 55.0 Å². The summed E-state index contributed by atoms with van der Waals surface area (Å²) in [6, 6.07) is 18.4. The molecule has 2 aliphatic rings. The molecule has 2 aromatic rings. The Morgan fingerprint density at radius 3 is 2.43 bits per heavy atom. The van der Waals surface area contributed by atoms with E-state index in [1.54, 1.807) is 0 Å². The highest BCUT2D eigenvalue weighted by Gasteiger charge is 2.41. The summed E-state index contributed by atoms with van der Waals surface area (Å²) in [6.45, 7) is 8.02. The largest absolute Gasteiger partial charge is 0.492 e. The average Bonchev–Trinajstić information content (AvgIpc) is 3.09. The van der Waals surface area contributed by atoms with E-state index in [9.17, 15) is 4.79 Å². The van der Waals surface area contributed by atoms with Gasteiger partial charge < -0.3 is 14.5 Å². The molecule has 1 saturated carbocycles. The lowest BCUT2D eigenvalue weighted by molar-refractivity contribution is -0.113. The number of nitrogens with zero attached hydrogens (tertiary/aromatic N) is 2. The third-order valence-corrected chi connectivity index (χ3v) is 6.39. The Morgan fingerprint density at radius 2 is 1.73 bits per heavy atom. The van der Waals surface area contributed by atoms with Crippen LogP contribution in [0.4, 0.5) is 5.69 Å². The summed E-state index contributed by atoms with van der Waals surface area (Å²) in [4.78, 5) is 17.9. The van der Waals surface area contributed by atoms with Gasteiger partial charge in [0, 0.05) is 17.8 Å². The van der Waals surface area contributed by atoms with Crippen LogP contribution in [0.15, 0.2) is 60.2 Å². The highest BCUT2D eigenvalue weighted by atomic mass is 16.5. The minimum Gasteiger partial charge on any atom is -0.492 e. The standard InChI is InChI=1S/C26H32N2O2/c1-3-27(4-2)18-19-30-22-16-14-21(15-17-22)28-24-13-9-8-12-23(24)25(26(28)29)20-10-6-5-7-11-20/h5-7,10-11,14-17,24H,3-4,8-9,12-13,18-19H2,1-2H3. The van der Waals surface area contributed by atoms with Crippen LogP contribution >= 0.6 is 0 Å². The normalized spacial score (nSPS) is 18.8. The van der Waals surface area contributed by atoms with Gasteiger partial charge in [-0.25, -0.2) is 0 Å². The van der Waals surface area contributed by atoms with Gasteiger partial charge >= 0.3 is 0 Å². The zero-order chi connectivity index (χ0) is 20.9. The number of carbonyl (C=O) groups is 1. The van der Waals surface area contributed by atoms with E-state index in [2.05, 4.69) is 30.9 Å². The molecule has 2 aromatic carbocycles. The number of fused-ring (bicyclic) bond motifs is 1. The third kappa shape index (κ3) is 4.15. The van der Waals surface area contributed by atoms with Crippen LogP contribution in [0.3, 0.4) is 0 Å². The second-order valence-electron chi connectivity index (χ2n) is 8.07. The van der Waals surface area contributed by atoms with E-state index in [4.69, 9.17) is 4.74 Å². The van der Waals surface area contributed by atoms with Gasteiger partial charge in [-0.15, -0.1) is 0 Å². The molecule has 1 amide bonds. The Hall–Kier alpha value is -2.59. The van der Waals surface area contributed by atoms with E-state index < -0.39 is 0 Å². The number of hydrogen-bond donors (Lipinski definition) is 0. The molecule has 1 unspecified atom stereocenters. The fraction of sp³-hybridized carbons (Fsp3) is 0.423. The van der Waals surface area contributed by atoms with Crippen molar-refractivity contribution in [2.45, 2.75) is 45.6 Å². The fourth-order valence-corrected chi connectivity index (χ4v) is 4.72. The van der Waals surface area contributed by atoms with Gasteiger partial charge in [-0.1, -0.05) is 50.6 Å². The van der Waals surface area contributed by atoms with Crippen LogP contribution in [-0.4, -0.2) is 43.1 Å². The molecule has 1 heterocycles. The van der Waals surface area contributed by atoms with Crippen LogP contribution in [0.2, 0.25) is 0 Å². The number of amides is 1. The number of rotatable bonds is 8. The molecule has 0 radical (unpaired) electrons. The van der Waals surface area contributed by atoms with Crippen LogP contribution in [0.1, 0.15) is 45.1 Å². The van der Waals surface area contributed by atoms with Crippen LogP contribution in [-0.2, 0) is 4.79 Å². The molecule has 4 rings (SSSR count). The molecule has 4 heteroatoms. The summed E-state index contributed by atoms with van der Waals surface area (Å²) in [5.74, 6) is 0.996. The van der Waals surface area contributed by atoms with E-state index >= 15 is 0 Å². The van der Waals surface area contributed by atoms with Gasteiger partial charge in [0.05, 0.1) is 6.04 Å². The maximum Gasteiger partial charge on any atom is 0.259 e. The van der Waals surface area contributed by atoms with Gasteiger partial charge in [0.2, 0.25) is 0 Å².